The lowest BCUT2D eigenvalue weighted by Gasteiger charge is -2.32. The number of hydrogen-bond donors (Lipinski definition) is 0. The van der Waals surface area contributed by atoms with Crippen molar-refractivity contribution in [2.24, 2.45) is 0 Å². The van der Waals surface area contributed by atoms with E-state index in [0.29, 0.717) is 18.2 Å². The Labute approximate surface area is 161 Å². The van der Waals surface area contributed by atoms with Crippen LogP contribution in [0.2, 0.25) is 0 Å². The maximum Gasteiger partial charge on any atom is 0.253 e. The number of anilines is 1. The van der Waals surface area contributed by atoms with Gasteiger partial charge in [0.1, 0.15) is 11.9 Å². The van der Waals surface area contributed by atoms with Crippen LogP contribution in [0.5, 0.6) is 5.88 Å². The van der Waals surface area contributed by atoms with Crippen LogP contribution in [0.4, 0.5) is 5.69 Å². The highest BCUT2D eigenvalue weighted by Gasteiger charge is 2.26. The van der Waals surface area contributed by atoms with Gasteiger partial charge in [0.25, 0.3) is 5.91 Å². The summed E-state index contributed by atoms with van der Waals surface area (Å²) in [5.74, 6) is 1.32. The van der Waals surface area contributed by atoms with Gasteiger partial charge in [-0.25, -0.2) is 4.98 Å². The van der Waals surface area contributed by atoms with Crippen molar-refractivity contribution in [1.29, 1.82) is 0 Å². The van der Waals surface area contributed by atoms with Crippen LogP contribution in [0.25, 0.3) is 0 Å². The Balaban J connectivity index is 1.64. The lowest BCUT2D eigenvalue weighted by Crippen LogP contribution is -2.44. The third kappa shape index (κ3) is 4.76. The fraction of sp³-hybridized carbons (Fsp3) is 0.476. The Morgan fingerprint density at radius 3 is 2.63 bits per heavy atom. The summed E-state index contributed by atoms with van der Waals surface area (Å²) in [7, 11) is 0. The molecule has 144 valence electrons. The summed E-state index contributed by atoms with van der Waals surface area (Å²) in [4.78, 5) is 25.4. The van der Waals surface area contributed by atoms with E-state index in [9.17, 15) is 4.79 Å². The molecule has 0 spiro atoms. The van der Waals surface area contributed by atoms with Crippen LogP contribution in [0.1, 0.15) is 42.9 Å². The lowest BCUT2D eigenvalue weighted by atomic mass is 10.1. The molecule has 2 heterocycles. The Morgan fingerprint density at radius 1 is 1.22 bits per heavy atom. The smallest absolute Gasteiger partial charge is 0.253 e. The predicted octanol–water partition coefficient (Wildman–Crippen LogP) is 3.31. The average Bonchev–Trinajstić information content (AvgIpc) is 2.69. The first kappa shape index (κ1) is 19.1. The number of carbonyl (C=O) groups is 1. The number of benzene rings is 1. The van der Waals surface area contributed by atoms with Crippen LogP contribution in [0.3, 0.4) is 0 Å². The largest absolute Gasteiger partial charge is 0.472 e. The number of aryl methyl sites for hydroxylation is 1. The van der Waals surface area contributed by atoms with Crippen molar-refractivity contribution in [1.82, 2.24) is 14.9 Å². The minimum Gasteiger partial charge on any atom is -0.472 e. The van der Waals surface area contributed by atoms with Gasteiger partial charge in [0, 0.05) is 43.1 Å². The Bertz CT molecular complexity index is 759. The summed E-state index contributed by atoms with van der Waals surface area (Å²) >= 11 is 0. The van der Waals surface area contributed by atoms with Gasteiger partial charge in [0.05, 0.1) is 6.54 Å². The molecule has 2 aromatic rings. The van der Waals surface area contributed by atoms with Gasteiger partial charge in [-0.1, -0.05) is 0 Å². The molecule has 0 radical (unpaired) electrons. The first-order valence-electron chi connectivity index (χ1n) is 9.71. The van der Waals surface area contributed by atoms with E-state index in [2.05, 4.69) is 28.7 Å². The molecule has 1 fully saturated rings. The molecule has 1 aliphatic rings. The molecule has 0 bridgehead atoms. The number of ether oxygens (including phenoxy) is 1. The maximum atomic E-state index is 12.9. The topological polar surface area (TPSA) is 58.6 Å². The van der Waals surface area contributed by atoms with E-state index in [-0.39, 0.29) is 12.0 Å². The number of hydrogen-bond acceptors (Lipinski definition) is 5. The van der Waals surface area contributed by atoms with Gasteiger partial charge in [-0.05, 0) is 57.9 Å². The number of nitrogens with zero attached hydrogens (tertiary/aromatic N) is 4. The summed E-state index contributed by atoms with van der Waals surface area (Å²) in [6, 6.07) is 9.67. The first-order chi connectivity index (χ1) is 13.1. The molecule has 0 saturated carbocycles. The molecule has 27 heavy (non-hydrogen) atoms. The van der Waals surface area contributed by atoms with E-state index in [4.69, 9.17) is 4.74 Å². The average molecular weight is 368 g/mol. The molecule has 6 nitrogen and oxygen atoms in total. The number of carbonyl (C=O) groups excluding carboxylic acids is 1. The first-order valence-corrected chi connectivity index (χ1v) is 9.71. The monoisotopic (exact) mass is 368 g/mol. The van der Waals surface area contributed by atoms with Crippen LogP contribution < -0.4 is 9.64 Å². The summed E-state index contributed by atoms with van der Waals surface area (Å²) in [6.07, 6.45) is 3.51. The fourth-order valence-corrected chi connectivity index (χ4v) is 3.48. The lowest BCUT2D eigenvalue weighted by molar-refractivity contribution is 0.0527. The second-order valence-electron chi connectivity index (χ2n) is 6.79. The molecule has 0 aliphatic carbocycles. The number of amides is 1. The summed E-state index contributed by atoms with van der Waals surface area (Å²) in [5.41, 5.74) is 1.87. The van der Waals surface area contributed by atoms with E-state index in [1.165, 1.54) is 0 Å². The number of likely N-dealkylation sites (tertiary alicyclic amines) is 1. The van der Waals surface area contributed by atoms with Gasteiger partial charge >= 0.3 is 0 Å². The van der Waals surface area contributed by atoms with E-state index in [1.807, 2.05) is 36.1 Å². The highest BCUT2D eigenvalue weighted by atomic mass is 16.5. The number of piperidine rings is 1. The van der Waals surface area contributed by atoms with Crippen molar-refractivity contribution in [2.75, 3.05) is 31.1 Å². The third-order valence-electron chi connectivity index (χ3n) is 4.95. The van der Waals surface area contributed by atoms with Crippen molar-refractivity contribution in [2.45, 2.75) is 39.7 Å². The summed E-state index contributed by atoms with van der Waals surface area (Å²) < 4.78 is 5.98. The van der Waals surface area contributed by atoms with E-state index in [0.717, 1.165) is 43.7 Å². The molecule has 3 rings (SSSR count). The second kappa shape index (κ2) is 8.84. The summed E-state index contributed by atoms with van der Waals surface area (Å²) in [6.45, 7) is 9.37. The van der Waals surface area contributed by atoms with Gasteiger partial charge in [-0.3, -0.25) is 4.79 Å². The highest BCUT2D eigenvalue weighted by Crippen LogP contribution is 2.20. The Hall–Kier alpha value is -2.63. The van der Waals surface area contributed by atoms with Crippen LogP contribution in [-0.2, 0) is 0 Å². The Morgan fingerprint density at radius 2 is 1.96 bits per heavy atom. The van der Waals surface area contributed by atoms with Gasteiger partial charge in [0.15, 0.2) is 0 Å². The fourth-order valence-electron chi connectivity index (χ4n) is 3.48. The zero-order valence-electron chi connectivity index (χ0n) is 16.4. The molecular formula is C21H28N4O2. The third-order valence-corrected chi connectivity index (χ3v) is 4.95. The zero-order chi connectivity index (χ0) is 19.2. The van der Waals surface area contributed by atoms with Crippen LogP contribution in [0.15, 0.2) is 36.5 Å². The normalized spacial score (nSPS) is 16.9. The van der Waals surface area contributed by atoms with Gasteiger partial charge in [-0.2, -0.15) is 4.98 Å². The molecule has 0 N–H and O–H groups in total. The predicted molar refractivity (Wildman–Crippen MR) is 106 cm³/mol. The second-order valence-corrected chi connectivity index (χ2v) is 6.79. The molecule has 6 heteroatoms. The minimum atomic E-state index is -0.0352. The van der Waals surface area contributed by atoms with Gasteiger partial charge in [-0.15, -0.1) is 0 Å². The SMILES string of the molecule is CCN(CC)c1ccc(C(=O)N2CCCC(Oc3ccnc(C)n3)C2)cc1. The van der Waals surface area contributed by atoms with Crippen LogP contribution in [-0.4, -0.2) is 53.1 Å². The van der Waals surface area contributed by atoms with Crippen molar-refractivity contribution in [3.05, 3.63) is 47.9 Å². The molecule has 1 aromatic carbocycles. The molecule has 1 aromatic heterocycles. The molecule has 1 unspecified atom stereocenters. The van der Waals surface area contributed by atoms with Gasteiger partial charge in [0.2, 0.25) is 5.88 Å². The number of rotatable bonds is 6. The van der Waals surface area contributed by atoms with Gasteiger partial charge < -0.3 is 14.5 Å². The maximum absolute atomic E-state index is 12.9. The molecular weight excluding hydrogens is 340 g/mol. The summed E-state index contributed by atoms with van der Waals surface area (Å²) in [5, 5.41) is 0. The van der Waals surface area contributed by atoms with Crippen molar-refractivity contribution >= 4 is 11.6 Å². The van der Waals surface area contributed by atoms with Crippen molar-refractivity contribution in [3.63, 3.8) is 0 Å². The molecule has 1 amide bonds. The molecule has 1 atom stereocenters. The van der Waals surface area contributed by atoms with Crippen molar-refractivity contribution in [3.8, 4) is 5.88 Å². The molecule has 1 aliphatic heterocycles. The number of aromatic nitrogens is 2. The van der Waals surface area contributed by atoms with Crippen LogP contribution in [0, 0.1) is 6.92 Å². The van der Waals surface area contributed by atoms with E-state index in [1.54, 1.807) is 12.3 Å². The van der Waals surface area contributed by atoms with Crippen molar-refractivity contribution < 1.29 is 9.53 Å². The molecule has 1 saturated heterocycles. The van der Waals surface area contributed by atoms with E-state index >= 15 is 0 Å². The zero-order valence-corrected chi connectivity index (χ0v) is 16.4. The highest BCUT2D eigenvalue weighted by molar-refractivity contribution is 5.94. The Kier molecular flexibility index (Phi) is 6.27. The minimum absolute atomic E-state index is 0.0352. The van der Waals surface area contributed by atoms with Crippen LogP contribution >= 0.6 is 0 Å². The van der Waals surface area contributed by atoms with E-state index < -0.39 is 0 Å². The standard InChI is InChI=1S/C21H28N4O2/c1-4-24(5-2)18-10-8-17(9-11-18)21(26)25-14-6-7-19(15-25)27-20-12-13-22-16(3)23-20/h8-13,19H,4-7,14-15H2,1-3H3. The quantitative estimate of drug-likeness (QED) is 0.783.